The quantitative estimate of drug-likeness (QED) is 0.621. The maximum absolute atomic E-state index is 13.0. The van der Waals surface area contributed by atoms with Crippen molar-refractivity contribution in [2.24, 2.45) is 5.73 Å². The molecule has 0 aromatic heterocycles. The molecule has 0 spiro atoms. The third-order valence-electron chi connectivity index (χ3n) is 4.11. The van der Waals surface area contributed by atoms with E-state index in [2.05, 4.69) is 6.92 Å². The number of halogens is 3. The summed E-state index contributed by atoms with van der Waals surface area (Å²) < 4.78 is 44.7. The Morgan fingerprint density at radius 1 is 0.958 bits per heavy atom. The van der Waals surface area contributed by atoms with Gasteiger partial charge < -0.3 is 10.5 Å². The molecule has 2 aromatic rings. The molecular formula is C19H24F3NO. The zero-order valence-electron chi connectivity index (χ0n) is 13.9. The van der Waals surface area contributed by atoms with Crippen molar-refractivity contribution < 1.29 is 17.9 Å². The van der Waals surface area contributed by atoms with Crippen LogP contribution in [0.4, 0.5) is 13.2 Å². The number of fused-ring (bicyclic) bond motifs is 1. The van der Waals surface area contributed by atoms with E-state index in [1.54, 1.807) is 30.3 Å². The van der Waals surface area contributed by atoms with Gasteiger partial charge in [-0.25, -0.2) is 0 Å². The van der Waals surface area contributed by atoms with Crippen LogP contribution in [0.25, 0.3) is 10.8 Å². The van der Waals surface area contributed by atoms with E-state index in [4.69, 9.17) is 10.5 Å². The predicted octanol–water partition coefficient (Wildman–Crippen LogP) is 5.75. The summed E-state index contributed by atoms with van der Waals surface area (Å²) in [6, 6.07) is 7.95. The molecule has 0 bridgehead atoms. The van der Waals surface area contributed by atoms with Crippen LogP contribution >= 0.6 is 0 Å². The summed E-state index contributed by atoms with van der Waals surface area (Å²) in [5.41, 5.74) is 5.47. The molecule has 2 aromatic carbocycles. The number of ether oxygens (including phenoxy) is 1. The summed E-state index contributed by atoms with van der Waals surface area (Å²) >= 11 is 0. The minimum Gasteiger partial charge on any atom is -0.493 e. The van der Waals surface area contributed by atoms with Crippen molar-refractivity contribution >= 4 is 10.8 Å². The number of benzene rings is 2. The molecule has 0 aliphatic carbocycles. The van der Waals surface area contributed by atoms with E-state index >= 15 is 0 Å². The van der Waals surface area contributed by atoms with Crippen molar-refractivity contribution in [1.29, 1.82) is 0 Å². The van der Waals surface area contributed by atoms with Gasteiger partial charge in [0.1, 0.15) is 11.8 Å². The maximum atomic E-state index is 13.0. The van der Waals surface area contributed by atoms with E-state index in [1.807, 2.05) is 0 Å². The molecule has 2 nitrogen and oxygen atoms in total. The molecule has 0 amide bonds. The average Bonchev–Trinajstić information content (AvgIpc) is 2.56. The molecule has 0 saturated carbocycles. The van der Waals surface area contributed by atoms with Crippen LogP contribution in [-0.2, 0) is 0 Å². The number of rotatable bonds is 8. The van der Waals surface area contributed by atoms with E-state index in [-0.39, 0.29) is 5.56 Å². The van der Waals surface area contributed by atoms with Crippen molar-refractivity contribution in [3.05, 3.63) is 42.0 Å². The summed E-state index contributed by atoms with van der Waals surface area (Å²) in [4.78, 5) is 0. The molecule has 0 heterocycles. The normalized spacial score (nSPS) is 13.2. The Morgan fingerprint density at radius 2 is 1.62 bits per heavy atom. The molecule has 0 fully saturated rings. The van der Waals surface area contributed by atoms with Gasteiger partial charge in [0.2, 0.25) is 0 Å². The first-order chi connectivity index (χ1) is 11.4. The Balaban J connectivity index is 2.16. The van der Waals surface area contributed by atoms with Crippen LogP contribution in [0.2, 0.25) is 0 Å². The fraction of sp³-hybridized carbons (Fsp3) is 0.474. The topological polar surface area (TPSA) is 35.2 Å². The molecule has 0 aliphatic rings. The Kier molecular flexibility index (Phi) is 6.49. The highest BCUT2D eigenvalue weighted by Gasteiger charge is 2.38. The maximum Gasteiger partial charge on any atom is 0.407 e. The van der Waals surface area contributed by atoms with Crippen molar-refractivity contribution in [2.75, 3.05) is 6.61 Å². The summed E-state index contributed by atoms with van der Waals surface area (Å²) in [7, 11) is 0. The van der Waals surface area contributed by atoms with Crippen LogP contribution in [0.15, 0.2) is 36.4 Å². The highest BCUT2D eigenvalue weighted by Crippen LogP contribution is 2.37. The number of nitrogens with two attached hydrogens (primary N) is 1. The third kappa shape index (κ3) is 4.63. The predicted molar refractivity (Wildman–Crippen MR) is 91.2 cm³/mol. The molecule has 2 rings (SSSR count). The fourth-order valence-electron chi connectivity index (χ4n) is 2.76. The monoisotopic (exact) mass is 339 g/mol. The van der Waals surface area contributed by atoms with Gasteiger partial charge in [0.25, 0.3) is 0 Å². The molecular weight excluding hydrogens is 315 g/mol. The molecule has 132 valence electrons. The minimum atomic E-state index is -4.47. The van der Waals surface area contributed by atoms with Crippen LogP contribution in [-0.4, -0.2) is 12.8 Å². The van der Waals surface area contributed by atoms with Crippen LogP contribution in [0.3, 0.4) is 0 Å². The van der Waals surface area contributed by atoms with Gasteiger partial charge in [-0.2, -0.15) is 13.2 Å². The van der Waals surface area contributed by atoms with E-state index < -0.39 is 12.2 Å². The summed E-state index contributed by atoms with van der Waals surface area (Å²) in [6.45, 7) is 2.73. The van der Waals surface area contributed by atoms with Crippen molar-refractivity contribution in [1.82, 2.24) is 0 Å². The molecule has 2 N–H and O–H groups in total. The zero-order chi connectivity index (χ0) is 17.6. The molecule has 0 radical (unpaired) electrons. The minimum absolute atomic E-state index is 0.0772. The molecule has 0 unspecified atom stereocenters. The molecule has 24 heavy (non-hydrogen) atoms. The Bertz CT molecular complexity index is 655. The van der Waals surface area contributed by atoms with Crippen LogP contribution in [0, 0.1) is 0 Å². The van der Waals surface area contributed by atoms with Crippen LogP contribution < -0.4 is 10.5 Å². The molecule has 0 aliphatic heterocycles. The molecule has 5 heteroatoms. The molecule has 1 atom stereocenters. The van der Waals surface area contributed by atoms with Gasteiger partial charge in [0.05, 0.1) is 6.61 Å². The lowest BCUT2D eigenvalue weighted by Crippen LogP contribution is -2.28. The van der Waals surface area contributed by atoms with Gasteiger partial charge in [0, 0.05) is 5.39 Å². The highest BCUT2D eigenvalue weighted by atomic mass is 19.4. The SMILES string of the molecule is CCCCCCCOc1ccc([C@H](N)C(F)(F)F)c2ccccc12. The first-order valence-corrected chi connectivity index (χ1v) is 8.42. The summed E-state index contributed by atoms with van der Waals surface area (Å²) in [6.07, 6.45) is 1.16. The third-order valence-corrected chi connectivity index (χ3v) is 4.11. The lowest BCUT2D eigenvalue weighted by atomic mass is 9.98. The van der Waals surface area contributed by atoms with Crippen molar-refractivity contribution in [3.63, 3.8) is 0 Å². The van der Waals surface area contributed by atoms with Gasteiger partial charge in [-0.05, 0) is 23.4 Å². The average molecular weight is 339 g/mol. The smallest absolute Gasteiger partial charge is 0.407 e. The van der Waals surface area contributed by atoms with Gasteiger partial charge in [0.15, 0.2) is 0 Å². The fourth-order valence-corrected chi connectivity index (χ4v) is 2.76. The highest BCUT2D eigenvalue weighted by molar-refractivity contribution is 5.91. The lowest BCUT2D eigenvalue weighted by Gasteiger charge is -2.19. The van der Waals surface area contributed by atoms with E-state index in [9.17, 15) is 13.2 Å². The standard InChI is InChI=1S/C19H24F3NO/c1-2-3-4-5-8-13-24-17-12-11-16(18(23)19(20,21)22)14-9-6-7-10-15(14)17/h6-7,9-12,18H,2-5,8,13,23H2,1H3/t18-/m0/s1. The zero-order valence-corrected chi connectivity index (χ0v) is 13.9. The van der Waals surface area contributed by atoms with E-state index in [0.29, 0.717) is 23.1 Å². The number of alkyl halides is 3. The first-order valence-electron chi connectivity index (χ1n) is 8.42. The Labute approximate surface area is 140 Å². The lowest BCUT2D eigenvalue weighted by molar-refractivity contribution is -0.148. The van der Waals surface area contributed by atoms with Gasteiger partial charge in [-0.1, -0.05) is 62.9 Å². The number of hydrogen-bond donors (Lipinski definition) is 1. The first kappa shape index (κ1) is 18.6. The summed E-state index contributed by atoms with van der Waals surface area (Å²) in [5.74, 6) is 0.610. The van der Waals surface area contributed by atoms with Gasteiger partial charge >= 0.3 is 6.18 Å². The van der Waals surface area contributed by atoms with E-state index in [0.717, 1.165) is 12.8 Å². The number of hydrogen-bond acceptors (Lipinski definition) is 2. The summed E-state index contributed by atoms with van der Waals surface area (Å²) in [5, 5.41) is 1.16. The van der Waals surface area contributed by atoms with E-state index in [1.165, 1.54) is 25.3 Å². The number of unbranched alkanes of at least 4 members (excludes halogenated alkanes) is 4. The largest absolute Gasteiger partial charge is 0.493 e. The Hall–Kier alpha value is -1.75. The second kappa shape index (κ2) is 8.38. The second-order valence-corrected chi connectivity index (χ2v) is 5.98. The Morgan fingerprint density at radius 3 is 2.29 bits per heavy atom. The van der Waals surface area contributed by atoms with Crippen molar-refractivity contribution in [2.45, 2.75) is 51.2 Å². The van der Waals surface area contributed by atoms with Gasteiger partial charge in [-0.3, -0.25) is 0 Å². The van der Waals surface area contributed by atoms with Crippen LogP contribution in [0.5, 0.6) is 5.75 Å². The van der Waals surface area contributed by atoms with Crippen molar-refractivity contribution in [3.8, 4) is 5.75 Å². The van der Waals surface area contributed by atoms with Gasteiger partial charge in [-0.15, -0.1) is 0 Å². The molecule has 0 saturated heterocycles. The van der Waals surface area contributed by atoms with Crippen LogP contribution in [0.1, 0.15) is 50.6 Å². The second-order valence-electron chi connectivity index (χ2n) is 5.98.